The molecule has 0 aliphatic carbocycles. The molecule has 6 aromatic rings. The van der Waals surface area contributed by atoms with Crippen LogP contribution in [0.3, 0.4) is 0 Å². The first-order chi connectivity index (χ1) is 21.2. The molecule has 0 aliphatic rings. The van der Waals surface area contributed by atoms with Gasteiger partial charge < -0.3 is 10.6 Å². The van der Waals surface area contributed by atoms with Crippen molar-refractivity contribution in [2.75, 3.05) is 22.5 Å². The van der Waals surface area contributed by atoms with Gasteiger partial charge in [0, 0.05) is 46.8 Å². The zero-order valence-corrected chi connectivity index (χ0v) is 26.7. The van der Waals surface area contributed by atoms with Gasteiger partial charge in [-0.25, -0.2) is 29.7 Å². The number of hydrogen-bond donors (Lipinski definition) is 3. The van der Waals surface area contributed by atoms with E-state index in [0.717, 1.165) is 39.2 Å². The smallest absolute Gasteiger partial charge is 0.325 e. The minimum absolute atomic E-state index is 0. The molecule has 2 amide bonds. The van der Waals surface area contributed by atoms with Crippen LogP contribution < -0.4 is 16.0 Å². The first kappa shape index (κ1) is 33.5. The standard InChI is InChI=1S/C20H21ClN8OS.C8H9ClN4.CH4/c1-12(2)29-17-16(10-26-29)24-11-25-18(17)22-7-6-15-9-23-20(31-15)28-19(30)27-14-5-3-4-13(21)8-14;1-5(2)13-7-6(3-12-13)10-4-11-8(7)9;/h3-5,8-12H,6-7H2,1-2H3,(H,22,24,25)(H2,23,27,28,30);3-5H,1-2H3;1H4. The fourth-order valence-corrected chi connectivity index (χ4v) is 5.49. The third kappa shape index (κ3) is 8.21. The maximum absolute atomic E-state index is 12.2. The van der Waals surface area contributed by atoms with Crippen LogP contribution in [0.1, 0.15) is 52.1 Å². The molecule has 0 spiro atoms. The summed E-state index contributed by atoms with van der Waals surface area (Å²) in [6, 6.07) is 7.06. The normalized spacial score (nSPS) is 10.9. The van der Waals surface area contributed by atoms with Crippen molar-refractivity contribution in [2.24, 2.45) is 0 Å². The maximum atomic E-state index is 12.2. The van der Waals surface area contributed by atoms with Crippen molar-refractivity contribution in [3.8, 4) is 0 Å². The Kier molecular flexibility index (Phi) is 11.2. The van der Waals surface area contributed by atoms with Crippen molar-refractivity contribution in [3.63, 3.8) is 0 Å². The summed E-state index contributed by atoms with van der Waals surface area (Å²) in [5, 5.41) is 19.0. The van der Waals surface area contributed by atoms with E-state index in [-0.39, 0.29) is 25.5 Å². The maximum Gasteiger partial charge on any atom is 0.325 e. The van der Waals surface area contributed by atoms with Gasteiger partial charge >= 0.3 is 6.03 Å². The minimum atomic E-state index is -0.369. The molecule has 6 rings (SSSR count). The molecule has 5 heterocycles. The highest BCUT2D eigenvalue weighted by molar-refractivity contribution is 7.15. The van der Waals surface area contributed by atoms with Crippen molar-refractivity contribution in [1.29, 1.82) is 0 Å². The lowest BCUT2D eigenvalue weighted by molar-refractivity contribution is 0.262. The Bertz CT molecular complexity index is 1880. The second kappa shape index (κ2) is 15.1. The minimum Gasteiger partial charge on any atom is -0.368 e. The Balaban J connectivity index is 0.000000275. The molecule has 1 aromatic carbocycles. The SMILES string of the molecule is C.CC(C)n1ncc2ncnc(Cl)c21.CC(C)n1ncc2ncnc(NCCc3cnc(NC(=O)Nc4cccc(Cl)c4)s3)c21. The monoisotopic (exact) mass is 668 g/mol. The van der Waals surface area contributed by atoms with Gasteiger partial charge in [-0.15, -0.1) is 11.3 Å². The lowest BCUT2D eigenvalue weighted by Crippen LogP contribution is -2.19. The highest BCUT2D eigenvalue weighted by Gasteiger charge is 2.13. The third-order valence-corrected chi connectivity index (χ3v) is 7.71. The number of aromatic nitrogens is 9. The number of anilines is 3. The fourth-order valence-electron chi connectivity index (χ4n) is 4.26. The molecular weight excluding hydrogens is 635 g/mol. The number of urea groups is 1. The molecule has 0 saturated heterocycles. The molecule has 13 nitrogen and oxygen atoms in total. The van der Waals surface area contributed by atoms with Crippen molar-refractivity contribution in [1.82, 2.24) is 44.5 Å². The van der Waals surface area contributed by atoms with Gasteiger partial charge in [-0.1, -0.05) is 36.7 Å². The number of fused-ring (bicyclic) bond motifs is 2. The molecule has 0 atom stereocenters. The Morgan fingerprint density at radius 2 is 1.53 bits per heavy atom. The molecule has 0 aliphatic heterocycles. The number of nitrogens with zero attached hydrogens (tertiary/aromatic N) is 9. The van der Waals surface area contributed by atoms with Gasteiger partial charge in [0.25, 0.3) is 0 Å². The fraction of sp³-hybridized carbons (Fsp3) is 0.310. The zero-order chi connectivity index (χ0) is 31.2. The van der Waals surface area contributed by atoms with Gasteiger partial charge in [0.15, 0.2) is 16.1 Å². The van der Waals surface area contributed by atoms with Crippen LogP contribution in [-0.2, 0) is 6.42 Å². The molecule has 0 fully saturated rings. The van der Waals surface area contributed by atoms with Crippen LogP contribution in [0.5, 0.6) is 0 Å². The van der Waals surface area contributed by atoms with Crippen molar-refractivity contribution in [2.45, 2.75) is 53.6 Å². The zero-order valence-electron chi connectivity index (χ0n) is 24.4. The van der Waals surface area contributed by atoms with Gasteiger partial charge in [-0.3, -0.25) is 14.7 Å². The predicted molar refractivity (Wildman–Crippen MR) is 182 cm³/mol. The molecule has 45 heavy (non-hydrogen) atoms. The van der Waals surface area contributed by atoms with Crippen LogP contribution in [0.25, 0.3) is 22.1 Å². The van der Waals surface area contributed by atoms with Gasteiger partial charge in [-0.2, -0.15) is 10.2 Å². The van der Waals surface area contributed by atoms with E-state index in [1.165, 1.54) is 24.0 Å². The topological polar surface area (TPSA) is 153 Å². The predicted octanol–water partition coefficient (Wildman–Crippen LogP) is 7.51. The van der Waals surface area contributed by atoms with Crippen LogP contribution >= 0.6 is 34.5 Å². The van der Waals surface area contributed by atoms with E-state index in [4.69, 9.17) is 23.2 Å². The highest BCUT2D eigenvalue weighted by Crippen LogP contribution is 2.24. The van der Waals surface area contributed by atoms with Gasteiger partial charge in [0.2, 0.25) is 0 Å². The molecule has 0 bridgehead atoms. The molecule has 5 aromatic heterocycles. The van der Waals surface area contributed by atoms with Gasteiger partial charge in [0.05, 0.1) is 12.4 Å². The number of halogens is 2. The number of carbonyl (C=O) groups excluding carboxylic acids is 1. The van der Waals surface area contributed by atoms with Crippen LogP contribution in [-0.4, -0.2) is 57.1 Å². The molecule has 3 N–H and O–H groups in total. The van der Waals surface area contributed by atoms with E-state index in [1.54, 1.807) is 42.9 Å². The number of amides is 2. The second-order valence-corrected chi connectivity index (χ2v) is 12.0. The van der Waals surface area contributed by atoms with Gasteiger partial charge in [0.1, 0.15) is 34.7 Å². The summed E-state index contributed by atoms with van der Waals surface area (Å²) < 4.78 is 3.72. The van der Waals surface area contributed by atoms with E-state index < -0.39 is 0 Å². The van der Waals surface area contributed by atoms with E-state index in [2.05, 4.69) is 64.9 Å². The largest absolute Gasteiger partial charge is 0.368 e. The van der Waals surface area contributed by atoms with E-state index in [1.807, 2.05) is 23.2 Å². The number of nitrogens with one attached hydrogen (secondary N) is 3. The number of rotatable bonds is 8. The average Bonchev–Trinajstić information content (AvgIpc) is 3.73. The molecule has 0 unspecified atom stereocenters. The summed E-state index contributed by atoms with van der Waals surface area (Å²) in [5.74, 6) is 0.750. The molecule has 16 heteroatoms. The summed E-state index contributed by atoms with van der Waals surface area (Å²) in [6.45, 7) is 8.87. The summed E-state index contributed by atoms with van der Waals surface area (Å²) in [7, 11) is 0. The van der Waals surface area contributed by atoms with Crippen molar-refractivity contribution >= 4 is 79.3 Å². The van der Waals surface area contributed by atoms with Crippen LogP contribution in [0, 0.1) is 0 Å². The third-order valence-electron chi connectivity index (χ3n) is 6.22. The summed E-state index contributed by atoms with van der Waals surface area (Å²) >= 11 is 13.3. The summed E-state index contributed by atoms with van der Waals surface area (Å²) in [6.07, 6.45) is 8.91. The Morgan fingerprint density at radius 1 is 0.867 bits per heavy atom. The Morgan fingerprint density at radius 3 is 2.22 bits per heavy atom. The molecule has 236 valence electrons. The molecule has 0 saturated carbocycles. The van der Waals surface area contributed by atoms with Gasteiger partial charge in [-0.05, 0) is 45.9 Å². The van der Waals surface area contributed by atoms with E-state index in [9.17, 15) is 4.79 Å². The highest BCUT2D eigenvalue weighted by atomic mass is 35.5. The number of hydrogen-bond acceptors (Lipinski definition) is 10. The number of carbonyl (C=O) groups is 1. The molecular formula is C29H34Cl2N12OS. The van der Waals surface area contributed by atoms with E-state index >= 15 is 0 Å². The quantitative estimate of drug-likeness (QED) is 0.140. The number of benzene rings is 1. The lowest BCUT2D eigenvalue weighted by atomic mass is 10.3. The average molecular weight is 670 g/mol. The van der Waals surface area contributed by atoms with Crippen LogP contribution in [0.2, 0.25) is 10.2 Å². The first-order valence-electron chi connectivity index (χ1n) is 13.7. The summed E-state index contributed by atoms with van der Waals surface area (Å²) in [5.41, 5.74) is 3.90. The molecule has 0 radical (unpaired) electrons. The van der Waals surface area contributed by atoms with Crippen molar-refractivity contribution in [3.05, 3.63) is 70.6 Å². The van der Waals surface area contributed by atoms with E-state index in [0.29, 0.717) is 27.5 Å². The Labute approximate surface area is 274 Å². The lowest BCUT2D eigenvalue weighted by Gasteiger charge is -2.11. The first-order valence-corrected chi connectivity index (χ1v) is 15.3. The van der Waals surface area contributed by atoms with Crippen molar-refractivity contribution < 1.29 is 4.79 Å². The summed E-state index contributed by atoms with van der Waals surface area (Å²) in [4.78, 5) is 34.1. The second-order valence-electron chi connectivity index (χ2n) is 10.1. The van der Waals surface area contributed by atoms with Crippen LogP contribution in [0.15, 0.2) is 55.5 Å². The number of thiazole rings is 1. The van der Waals surface area contributed by atoms with Crippen LogP contribution in [0.4, 0.5) is 21.4 Å². The Hall–Kier alpha value is -4.40.